The summed E-state index contributed by atoms with van der Waals surface area (Å²) in [5, 5.41) is 3.41. The Morgan fingerprint density at radius 1 is 1.33 bits per heavy atom. The van der Waals surface area contributed by atoms with Gasteiger partial charge in [-0.2, -0.15) is 0 Å². The Labute approximate surface area is 77.2 Å². The van der Waals surface area contributed by atoms with Crippen LogP contribution in [-0.4, -0.2) is 13.1 Å². The molecule has 0 amide bonds. The van der Waals surface area contributed by atoms with Crippen LogP contribution in [0.2, 0.25) is 0 Å². The first kappa shape index (κ1) is 11.7. The van der Waals surface area contributed by atoms with Gasteiger partial charge in [-0.1, -0.05) is 32.4 Å². The molecular weight excluding hydrogens is 146 g/mol. The molecule has 0 radical (unpaired) electrons. The molecule has 0 aromatic heterocycles. The van der Waals surface area contributed by atoms with Crippen molar-refractivity contribution in [2.24, 2.45) is 5.92 Å². The molecule has 1 N–H and O–H groups in total. The topological polar surface area (TPSA) is 12.0 Å². The van der Waals surface area contributed by atoms with Crippen molar-refractivity contribution in [2.75, 3.05) is 13.1 Å². The van der Waals surface area contributed by atoms with E-state index in [1.165, 1.54) is 25.8 Å². The second-order valence-electron chi connectivity index (χ2n) is 3.27. The number of hydrogen-bond acceptors (Lipinski definition) is 1. The van der Waals surface area contributed by atoms with Gasteiger partial charge < -0.3 is 5.32 Å². The first-order valence-electron chi connectivity index (χ1n) is 5.16. The Morgan fingerprint density at radius 2 is 2.08 bits per heavy atom. The molecule has 1 unspecified atom stereocenters. The van der Waals surface area contributed by atoms with Crippen LogP contribution >= 0.6 is 0 Å². The van der Waals surface area contributed by atoms with Gasteiger partial charge in [-0.25, -0.2) is 0 Å². The zero-order chi connectivity index (χ0) is 9.23. The first-order valence-corrected chi connectivity index (χ1v) is 5.16. The summed E-state index contributed by atoms with van der Waals surface area (Å²) in [7, 11) is 0. The highest BCUT2D eigenvalue weighted by Gasteiger charge is 2.03. The molecule has 0 saturated heterocycles. The van der Waals surface area contributed by atoms with Gasteiger partial charge >= 0.3 is 0 Å². The minimum absolute atomic E-state index is 0.839. The van der Waals surface area contributed by atoms with E-state index in [1.807, 2.05) is 0 Å². The van der Waals surface area contributed by atoms with Crippen LogP contribution in [0.4, 0.5) is 0 Å². The summed E-state index contributed by atoms with van der Waals surface area (Å²) in [6.07, 6.45) is 8.30. The number of rotatable bonds is 7. The standard InChI is InChI=1S/C11H23N/c1-4-7-9-11(8-5-2)10-12-6-3/h4,7,11-12H,5-6,8-10H2,1-3H3/b7-4-. The SMILES string of the molecule is C/C=C\CC(CCC)CNCC. The van der Waals surface area contributed by atoms with E-state index in [0.717, 1.165) is 12.5 Å². The highest BCUT2D eigenvalue weighted by Crippen LogP contribution is 2.10. The Morgan fingerprint density at radius 3 is 2.58 bits per heavy atom. The summed E-state index contributed by atoms with van der Waals surface area (Å²) in [4.78, 5) is 0. The zero-order valence-corrected chi connectivity index (χ0v) is 8.77. The molecule has 0 aromatic carbocycles. The Kier molecular flexibility index (Phi) is 8.57. The third kappa shape index (κ3) is 6.41. The maximum absolute atomic E-state index is 3.41. The van der Waals surface area contributed by atoms with Gasteiger partial charge in [0.1, 0.15) is 0 Å². The fourth-order valence-corrected chi connectivity index (χ4v) is 1.39. The smallest absolute Gasteiger partial charge is 0.00177 e. The third-order valence-corrected chi connectivity index (χ3v) is 2.09. The van der Waals surface area contributed by atoms with Crippen molar-refractivity contribution in [1.82, 2.24) is 5.32 Å². The van der Waals surface area contributed by atoms with E-state index in [4.69, 9.17) is 0 Å². The van der Waals surface area contributed by atoms with E-state index in [0.29, 0.717) is 0 Å². The summed E-state index contributed by atoms with van der Waals surface area (Å²) in [5.41, 5.74) is 0. The average molecular weight is 169 g/mol. The summed E-state index contributed by atoms with van der Waals surface area (Å²) in [5.74, 6) is 0.839. The van der Waals surface area contributed by atoms with Gasteiger partial charge in [-0.05, 0) is 38.8 Å². The molecule has 0 aliphatic carbocycles. The Balaban J connectivity index is 3.53. The fraction of sp³-hybridized carbons (Fsp3) is 0.818. The van der Waals surface area contributed by atoms with E-state index < -0.39 is 0 Å². The lowest BCUT2D eigenvalue weighted by Crippen LogP contribution is -2.22. The molecule has 1 heteroatoms. The highest BCUT2D eigenvalue weighted by atomic mass is 14.8. The summed E-state index contributed by atoms with van der Waals surface area (Å²) >= 11 is 0. The zero-order valence-electron chi connectivity index (χ0n) is 8.77. The van der Waals surface area contributed by atoms with Gasteiger partial charge in [-0.15, -0.1) is 0 Å². The van der Waals surface area contributed by atoms with Crippen LogP contribution in [0.5, 0.6) is 0 Å². The van der Waals surface area contributed by atoms with Crippen molar-refractivity contribution in [2.45, 2.75) is 40.0 Å². The molecule has 12 heavy (non-hydrogen) atoms. The number of nitrogens with one attached hydrogen (secondary N) is 1. The Bertz CT molecular complexity index is 108. The lowest BCUT2D eigenvalue weighted by molar-refractivity contribution is 0.451. The second kappa shape index (κ2) is 8.79. The third-order valence-electron chi connectivity index (χ3n) is 2.09. The van der Waals surface area contributed by atoms with Crippen LogP contribution in [0.1, 0.15) is 40.0 Å². The molecule has 0 heterocycles. The van der Waals surface area contributed by atoms with Gasteiger partial charge in [0.15, 0.2) is 0 Å². The normalized spacial score (nSPS) is 13.9. The van der Waals surface area contributed by atoms with Crippen LogP contribution in [0.25, 0.3) is 0 Å². The summed E-state index contributed by atoms with van der Waals surface area (Å²) in [6, 6.07) is 0. The first-order chi connectivity index (χ1) is 5.85. The van der Waals surface area contributed by atoms with Crippen LogP contribution < -0.4 is 5.32 Å². The van der Waals surface area contributed by atoms with Gasteiger partial charge in [0, 0.05) is 0 Å². The van der Waals surface area contributed by atoms with Gasteiger partial charge in [-0.3, -0.25) is 0 Å². The predicted octanol–water partition coefficient (Wildman–Crippen LogP) is 2.98. The highest BCUT2D eigenvalue weighted by molar-refractivity contribution is 4.80. The molecule has 0 aliphatic rings. The molecule has 72 valence electrons. The van der Waals surface area contributed by atoms with Crippen LogP contribution in [-0.2, 0) is 0 Å². The summed E-state index contributed by atoms with van der Waals surface area (Å²) < 4.78 is 0. The molecular formula is C11H23N. The molecule has 0 bridgehead atoms. The molecule has 1 nitrogen and oxygen atoms in total. The van der Waals surface area contributed by atoms with Gasteiger partial charge in [0.25, 0.3) is 0 Å². The maximum Gasteiger partial charge on any atom is -0.00177 e. The second-order valence-corrected chi connectivity index (χ2v) is 3.27. The molecule has 1 atom stereocenters. The van der Waals surface area contributed by atoms with Crippen molar-refractivity contribution in [3.8, 4) is 0 Å². The van der Waals surface area contributed by atoms with Gasteiger partial charge in [0.05, 0.1) is 0 Å². The lowest BCUT2D eigenvalue weighted by atomic mass is 9.99. The number of hydrogen-bond donors (Lipinski definition) is 1. The van der Waals surface area contributed by atoms with Crippen molar-refractivity contribution in [3.63, 3.8) is 0 Å². The van der Waals surface area contributed by atoms with Crippen molar-refractivity contribution in [1.29, 1.82) is 0 Å². The van der Waals surface area contributed by atoms with Crippen LogP contribution in [0, 0.1) is 5.92 Å². The average Bonchev–Trinajstić information content (AvgIpc) is 2.10. The molecule has 0 fully saturated rings. The van der Waals surface area contributed by atoms with Crippen molar-refractivity contribution < 1.29 is 0 Å². The van der Waals surface area contributed by atoms with E-state index in [-0.39, 0.29) is 0 Å². The Hall–Kier alpha value is -0.300. The van der Waals surface area contributed by atoms with Crippen LogP contribution in [0.3, 0.4) is 0 Å². The van der Waals surface area contributed by atoms with E-state index in [1.54, 1.807) is 0 Å². The fourth-order valence-electron chi connectivity index (χ4n) is 1.39. The van der Waals surface area contributed by atoms with E-state index >= 15 is 0 Å². The summed E-state index contributed by atoms with van der Waals surface area (Å²) in [6.45, 7) is 8.79. The molecule has 0 aromatic rings. The molecule has 0 aliphatic heterocycles. The largest absolute Gasteiger partial charge is 0.317 e. The quantitative estimate of drug-likeness (QED) is 0.578. The van der Waals surface area contributed by atoms with Gasteiger partial charge in [0.2, 0.25) is 0 Å². The lowest BCUT2D eigenvalue weighted by Gasteiger charge is -2.13. The van der Waals surface area contributed by atoms with Crippen molar-refractivity contribution in [3.05, 3.63) is 12.2 Å². The predicted molar refractivity (Wildman–Crippen MR) is 56.4 cm³/mol. The minimum atomic E-state index is 0.839. The van der Waals surface area contributed by atoms with Crippen molar-refractivity contribution >= 4 is 0 Å². The molecule has 0 spiro atoms. The number of allylic oxidation sites excluding steroid dienone is 2. The van der Waals surface area contributed by atoms with E-state index in [9.17, 15) is 0 Å². The molecule has 0 rings (SSSR count). The molecule has 0 saturated carbocycles. The maximum atomic E-state index is 3.41. The van der Waals surface area contributed by atoms with Crippen LogP contribution in [0.15, 0.2) is 12.2 Å². The minimum Gasteiger partial charge on any atom is -0.317 e. The van der Waals surface area contributed by atoms with E-state index in [2.05, 4.69) is 38.2 Å². The monoisotopic (exact) mass is 169 g/mol.